The molecule has 2 aromatic rings. The molecule has 0 heterocycles. The minimum Gasteiger partial charge on any atom is -0.0651 e. The predicted molar refractivity (Wildman–Crippen MR) is 73.9 cm³/mol. The number of benzene rings is 2. The van der Waals surface area contributed by atoms with Gasteiger partial charge in [0.1, 0.15) is 0 Å². The summed E-state index contributed by atoms with van der Waals surface area (Å²) in [5, 5.41) is 0. The minimum atomic E-state index is 0.498. The van der Waals surface area contributed by atoms with Gasteiger partial charge in [-0.25, -0.2) is 0 Å². The van der Waals surface area contributed by atoms with Gasteiger partial charge in [0.25, 0.3) is 0 Å². The summed E-state index contributed by atoms with van der Waals surface area (Å²) < 4.78 is 0. The third-order valence-corrected chi connectivity index (χ3v) is 3.09. The maximum Gasteiger partial charge on any atom is 0.00920 e. The van der Waals surface area contributed by atoms with E-state index in [4.69, 9.17) is 0 Å². The van der Waals surface area contributed by atoms with Crippen LogP contribution in [0.4, 0.5) is 0 Å². The van der Waals surface area contributed by atoms with E-state index in [0.29, 0.717) is 5.92 Å². The lowest BCUT2D eigenvalue weighted by molar-refractivity contribution is 0.765. The molecule has 0 fully saturated rings. The van der Waals surface area contributed by atoms with Gasteiger partial charge < -0.3 is 0 Å². The van der Waals surface area contributed by atoms with E-state index in [1.54, 1.807) is 0 Å². The summed E-state index contributed by atoms with van der Waals surface area (Å²) in [6, 6.07) is 21.5. The van der Waals surface area contributed by atoms with Gasteiger partial charge in [-0.2, -0.15) is 0 Å². The lowest BCUT2D eigenvalue weighted by Gasteiger charge is -2.17. The molecule has 0 aromatic heterocycles. The van der Waals surface area contributed by atoms with Crippen molar-refractivity contribution in [3.63, 3.8) is 0 Å². The highest BCUT2D eigenvalue weighted by Gasteiger charge is 2.12. The fourth-order valence-electron chi connectivity index (χ4n) is 2.17. The summed E-state index contributed by atoms with van der Waals surface area (Å²) in [4.78, 5) is 0. The van der Waals surface area contributed by atoms with Crippen LogP contribution in [0.3, 0.4) is 0 Å². The molecule has 0 unspecified atom stereocenters. The van der Waals surface area contributed by atoms with E-state index in [2.05, 4.69) is 74.0 Å². The van der Waals surface area contributed by atoms with E-state index >= 15 is 0 Å². The third kappa shape index (κ3) is 3.20. The summed E-state index contributed by atoms with van der Waals surface area (Å²) in [7, 11) is 0. The van der Waals surface area contributed by atoms with Crippen LogP contribution in [0.2, 0.25) is 0 Å². The lowest BCUT2D eigenvalue weighted by atomic mass is 9.87. The van der Waals surface area contributed by atoms with Gasteiger partial charge >= 0.3 is 0 Å². The van der Waals surface area contributed by atoms with Crippen LogP contribution < -0.4 is 0 Å². The van der Waals surface area contributed by atoms with Crippen molar-refractivity contribution < 1.29 is 0 Å². The van der Waals surface area contributed by atoms with E-state index in [1.165, 1.54) is 11.1 Å². The Labute approximate surface area is 104 Å². The second kappa shape index (κ2) is 6.24. The average Bonchev–Trinajstić information content (AvgIpc) is 2.42. The van der Waals surface area contributed by atoms with E-state index in [-0.39, 0.29) is 0 Å². The zero-order chi connectivity index (χ0) is 11.9. The molecule has 0 aliphatic carbocycles. The van der Waals surface area contributed by atoms with Gasteiger partial charge in [-0.1, -0.05) is 74.0 Å². The summed E-state index contributed by atoms with van der Waals surface area (Å²) in [5.74, 6) is 0.498. The first-order valence-electron chi connectivity index (χ1n) is 6.33. The van der Waals surface area contributed by atoms with E-state index in [1.807, 2.05) is 0 Å². The molecular weight excluding hydrogens is 204 g/mol. The second-order valence-electron chi connectivity index (χ2n) is 4.31. The third-order valence-electron chi connectivity index (χ3n) is 3.09. The maximum absolute atomic E-state index is 2.37. The Morgan fingerprint density at radius 2 is 1.29 bits per heavy atom. The van der Waals surface area contributed by atoms with Gasteiger partial charge in [-0.05, 0) is 24.0 Å². The molecule has 0 bridgehead atoms. The van der Waals surface area contributed by atoms with E-state index in [0.717, 1.165) is 12.8 Å². The topological polar surface area (TPSA) is 0 Å². The molecule has 2 rings (SSSR count). The molecule has 0 spiro atoms. The van der Waals surface area contributed by atoms with Crippen molar-refractivity contribution in [2.45, 2.75) is 25.7 Å². The maximum atomic E-state index is 2.37. The molecule has 0 heteroatoms. The van der Waals surface area contributed by atoms with Crippen LogP contribution in [0.25, 0.3) is 0 Å². The molecular formula is C17H19. The predicted octanol–water partition coefficient (Wildman–Crippen LogP) is 4.82. The Hall–Kier alpha value is -1.56. The van der Waals surface area contributed by atoms with Crippen molar-refractivity contribution in [2.75, 3.05) is 0 Å². The standard InChI is InChI=1S/C17H19/c1-2-3-14-17(15-10-6-4-7-11-15)16-12-8-5-9-13-16/h3-13,17H,2,14H2,1H3. The van der Waals surface area contributed by atoms with Gasteiger partial charge in [0.2, 0.25) is 0 Å². The summed E-state index contributed by atoms with van der Waals surface area (Å²) in [6.45, 7) is 2.20. The molecule has 1 radical (unpaired) electrons. The van der Waals surface area contributed by atoms with Gasteiger partial charge in [-0.15, -0.1) is 0 Å². The molecule has 87 valence electrons. The molecule has 0 saturated heterocycles. The fraction of sp³-hybridized carbons (Fsp3) is 0.235. The number of hydrogen-bond donors (Lipinski definition) is 0. The van der Waals surface area contributed by atoms with Crippen molar-refractivity contribution in [1.82, 2.24) is 0 Å². The number of unbranched alkanes of at least 4 members (excludes halogenated alkanes) is 1. The molecule has 0 aliphatic heterocycles. The Morgan fingerprint density at radius 1 is 0.824 bits per heavy atom. The fourth-order valence-corrected chi connectivity index (χ4v) is 2.17. The lowest BCUT2D eigenvalue weighted by Crippen LogP contribution is -2.01. The van der Waals surface area contributed by atoms with E-state index in [9.17, 15) is 0 Å². The molecule has 0 nitrogen and oxygen atoms in total. The van der Waals surface area contributed by atoms with Crippen LogP contribution in [0.15, 0.2) is 60.7 Å². The van der Waals surface area contributed by atoms with Gasteiger partial charge in [0.05, 0.1) is 0 Å². The van der Waals surface area contributed by atoms with Gasteiger partial charge in [0, 0.05) is 5.92 Å². The van der Waals surface area contributed by atoms with Crippen LogP contribution in [-0.4, -0.2) is 0 Å². The molecule has 0 N–H and O–H groups in total. The zero-order valence-electron chi connectivity index (χ0n) is 10.3. The molecule has 0 atom stereocenters. The zero-order valence-corrected chi connectivity index (χ0v) is 10.3. The number of rotatable bonds is 5. The average molecular weight is 223 g/mol. The second-order valence-corrected chi connectivity index (χ2v) is 4.31. The molecule has 17 heavy (non-hydrogen) atoms. The van der Waals surface area contributed by atoms with Gasteiger partial charge in [-0.3, -0.25) is 0 Å². The summed E-state index contributed by atoms with van der Waals surface area (Å²) in [5.41, 5.74) is 2.81. The van der Waals surface area contributed by atoms with Crippen molar-refractivity contribution in [2.24, 2.45) is 0 Å². The largest absolute Gasteiger partial charge is 0.0651 e. The normalized spacial score (nSPS) is 10.7. The minimum absolute atomic E-state index is 0.498. The summed E-state index contributed by atoms with van der Waals surface area (Å²) >= 11 is 0. The first kappa shape index (κ1) is 11.9. The van der Waals surface area contributed by atoms with Crippen LogP contribution in [0.5, 0.6) is 0 Å². The highest BCUT2D eigenvalue weighted by Crippen LogP contribution is 2.28. The Kier molecular flexibility index (Phi) is 4.37. The molecule has 2 aromatic carbocycles. The van der Waals surface area contributed by atoms with Crippen molar-refractivity contribution in [3.8, 4) is 0 Å². The Morgan fingerprint density at radius 3 is 1.71 bits per heavy atom. The Bertz CT molecular complexity index is 377. The van der Waals surface area contributed by atoms with Crippen molar-refractivity contribution in [1.29, 1.82) is 0 Å². The molecule has 0 amide bonds. The molecule has 0 aliphatic rings. The smallest absolute Gasteiger partial charge is 0.00920 e. The Balaban J connectivity index is 2.26. The van der Waals surface area contributed by atoms with Crippen LogP contribution >= 0.6 is 0 Å². The van der Waals surface area contributed by atoms with Crippen LogP contribution in [0.1, 0.15) is 36.8 Å². The quantitative estimate of drug-likeness (QED) is 0.681. The van der Waals surface area contributed by atoms with Crippen LogP contribution in [-0.2, 0) is 0 Å². The van der Waals surface area contributed by atoms with E-state index < -0.39 is 0 Å². The number of hydrogen-bond acceptors (Lipinski definition) is 0. The molecule has 0 saturated carbocycles. The monoisotopic (exact) mass is 223 g/mol. The van der Waals surface area contributed by atoms with Gasteiger partial charge in [0.15, 0.2) is 0 Å². The first-order chi connectivity index (χ1) is 8.42. The summed E-state index contributed by atoms with van der Waals surface area (Å²) in [6.07, 6.45) is 4.62. The first-order valence-corrected chi connectivity index (χ1v) is 6.33. The van der Waals surface area contributed by atoms with Crippen LogP contribution in [0, 0.1) is 6.42 Å². The highest BCUT2D eigenvalue weighted by atomic mass is 14.2. The highest BCUT2D eigenvalue weighted by molar-refractivity contribution is 5.32. The van der Waals surface area contributed by atoms with Crippen molar-refractivity contribution >= 4 is 0 Å². The van der Waals surface area contributed by atoms with Crippen molar-refractivity contribution in [3.05, 3.63) is 78.2 Å². The SMILES string of the molecule is CC[CH]CC(c1ccccc1)c1ccccc1.